The fourth-order valence-corrected chi connectivity index (χ4v) is 2.23. The zero-order chi connectivity index (χ0) is 23.9. The minimum absolute atomic E-state index is 0.185. The average molecular weight is 450 g/mol. The van der Waals surface area contributed by atoms with Crippen LogP contribution in [0.3, 0.4) is 0 Å². The maximum absolute atomic E-state index is 11.7. The SMILES string of the molecule is COC(=O)OCOc1ccccc1N.NCCCCC(N)C(=O)Nc1ccc(N)c(N)n1. The lowest BCUT2D eigenvalue weighted by Crippen LogP contribution is -2.35. The molecule has 2 rings (SSSR count). The number of hydrogen-bond donors (Lipinski definition) is 6. The first-order valence-electron chi connectivity index (χ1n) is 9.75. The molecule has 0 bridgehead atoms. The molecule has 1 unspecified atom stereocenters. The Bertz CT molecular complexity index is 866. The molecule has 1 aromatic carbocycles. The van der Waals surface area contributed by atoms with Gasteiger partial charge in [-0.25, -0.2) is 9.78 Å². The molecule has 0 aliphatic rings. The van der Waals surface area contributed by atoms with E-state index < -0.39 is 12.2 Å². The molecular formula is C20H31N7O5. The summed E-state index contributed by atoms with van der Waals surface area (Å²) in [5.41, 5.74) is 28.6. The number of methoxy groups -OCH3 is 1. The van der Waals surface area contributed by atoms with E-state index in [0.29, 0.717) is 35.9 Å². The van der Waals surface area contributed by atoms with Gasteiger partial charge in [0.15, 0.2) is 0 Å². The molecule has 0 fully saturated rings. The average Bonchev–Trinajstić information content (AvgIpc) is 2.78. The maximum atomic E-state index is 11.7. The number of hydrogen-bond acceptors (Lipinski definition) is 11. The van der Waals surface area contributed by atoms with Crippen LogP contribution in [-0.2, 0) is 14.3 Å². The number of benzene rings is 1. The number of anilines is 4. The zero-order valence-electron chi connectivity index (χ0n) is 18.0. The molecule has 12 heteroatoms. The number of carbonyl (C=O) groups excluding carboxylic acids is 2. The number of pyridine rings is 1. The van der Waals surface area contributed by atoms with Gasteiger partial charge in [-0.3, -0.25) is 4.79 Å². The van der Waals surface area contributed by atoms with Crippen molar-refractivity contribution < 1.29 is 23.8 Å². The van der Waals surface area contributed by atoms with Gasteiger partial charge in [-0.2, -0.15) is 0 Å². The third-order valence-corrected chi connectivity index (χ3v) is 3.99. The first-order valence-corrected chi connectivity index (χ1v) is 9.75. The third-order valence-electron chi connectivity index (χ3n) is 3.99. The molecule has 1 atom stereocenters. The normalized spacial score (nSPS) is 10.8. The summed E-state index contributed by atoms with van der Waals surface area (Å²) in [5, 5.41) is 2.59. The maximum Gasteiger partial charge on any atom is 0.510 e. The van der Waals surface area contributed by atoms with Crippen molar-refractivity contribution >= 4 is 35.1 Å². The van der Waals surface area contributed by atoms with E-state index >= 15 is 0 Å². The number of nitrogens with one attached hydrogen (secondary N) is 1. The van der Waals surface area contributed by atoms with Gasteiger partial charge in [0.05, 0.1) is 24.5 Å². The third kappa shape index (κ3) is 9.82. The molecule has 0 aliphatic carbocycles. The van der Waals surface area contributed by atoms with Crippen LogP contribution in [0, 0.1) is 0 Å². The molecule has 0 saturated carbocycles. The topological polar surface area (TPSA) is 217 Å². The second-order valence-corrected chi connectivity index (χ2v) is 6.45. The first-order chi connectivity index (χ1) is 15.3. The van der Waals surface area contributed by atoms with E-state index in [-0.39, 0.29) is 18.5 Å². The van der Waals surface area contributed by atoms with Crippen molar-refractivity contribution in [3.63, 3.8) is 0 Å². The number of ether oxygens (including phenoxy) is 3. The smallest absolute Gasteiger partial charge is 0.455 e. The molecule has 176 valence electrons. The van der Waals surface area contributed by atoms with Gasteiger partial charge in [-0.05, 0) is 43.7 Å². The summed E-state index contributed by atoms with van der Waals surface area (Å²) < 4.78 is 13.8. The van der Waals surface area contributed by atoms with Crippen molar-refractivity contribution in [2.45, 2.75) is 25.3 Å². The van der Waals surface area contributed by atoms with Crippen molar-refractivity contribution in [3.05, 3.63) is 36.4 Å². The van der Waals surface area contributed by atoms with Gasteiger partial charge in [0.25, 0.3) is 0 Å². The van der Waals surface area contributed by atoms with Crippen molar-refractivity contribution in [2.24, 2.45) is 11.5 Å². The molecular weight excluding hydrogens is 418 g/mol. The van der Waals surface area contributed by atoms with Gasteiger partial charge in [0.2, 0.25) is 12.7 Å². The molecule has 0 radical (unpaired) electrons. The van der Waals surface area contributed by atoms with E-state index in [1.165, 1.54) is 7.11 Å². The summed E-state index contributed by atoms with van der Waals surface area (Å²) in [6.45, 7) is 0.380. The molecule has 0 spiro atoms. The Kier molecular flexibility index (Phi) is 11.7. The number of nitrogens with zero attached hydrogens (tertiary/aromatic N) is 1. The van der Waals surface area contributed by atoms with Gasteiger partial charge in [0.1, 0.15) is 17.4 Å². The fourth-order valence-electron chi connectivity index (χ4n) is 2.23. The van der Waals surface area contributed by atoms with Crippen LogP contribution in [0.2, 0.25) is 0 Å². The number of nitrogen functional groups attached to an aromatic ring is 3. The van der Waals surface area contributed by atoms with Gasteiger partial charge in [-0.15, -0.1) is 0 Å². The molecule has 2 aromatic rings. The molecule has 11 N–H and O–H groups in total. The van der Waals surface area contributed by atoms with Crippen LogP contribution < -0.4 is 38.7 Å². The van der Waals surface area contributed by atoms with E-state index in [1.807, 2.05) is 0 Å². The highest BCUT2D eigenvalue weighted by Crippen LogP contribution is 2.19. The number of nitrogens with two attached hydrogens (primary N) is 5. The summed E-state index contributed by atoms with van der Waals surface area (Å²) in [6, 6.07) is 9.50. The lowest BCUT2D eigenvalue weighted by molar-refractivity contribution is -0.117. The van der Waals surface area contributed by atoms with Gasteiger partial charge < -0.3 is 48.2 Å². The number of aromatic nitrogens is 1. The van der Waals surface area contributed by atoms with Crippen molar-refractivity contribution in [1.29, 1.82) is 0 Å². The van der Waals surface area contributed by atoms with Crippen LogP contribution in [-0.4, -0.2) is 43.5 Å². The minimum Gasteiger partial charge on any atom is -0.455 e. The van der Waals surface area contributed by atoms with E-state index in [9.17, 15) is 9.59 Å². The minimum atomic E-state index is -0.792. The highest BCUT2D eigenvalue weighted by Gasteiger charge is 2.13. The van der Waals surface area contributed by atoms with E-state index in [1.54, 1.807) is 36.4 Å². The van der Waals surface area contributed by atoms with Crippen LogP contribution >= 0.6 is 0 Å². The Labute approximate surface area is 186 Å². The predicted octanol–water partition coefficient (Wildman–Crippen LogP) is 1.03. The number of para-hydroxylation sites is 2. The van der Waals surface area contributed by atoms with Crippen molar-refractivity contribution in [2.75, 3.05) is 43.0 Å². The lowest BCUT2D eigenvalue weighted by atomic mass is 10.1. The van der Waals surface area contributed by atoms with E-state index in [0.717, 1.165) is 12.8 Å². The summed E-state index contributed by atoms with van der Waals surface area (Å²) in [6.07, 6.45) is 1.48. The molecule has 0 saturated heterocycles. The second-order valence-electron chi connectivity index (χ2n) is 6.45. The van der Waals surface area contributed by atoms with Gasteiger partial charge in [-0.1, -0.05) is 18.6 Å². The van der Waals surface area contributed by atoms with Crippen LogP contribution in [0.15, 0.2) is 36.4 Å². The van der Waals surface area contributed by atoms with Crippen LogP contribution in [0.5, 0.6) is 5.75 Å². The first kappa shape index (κ1) is 26.3. The number of unbranched alkanes of at least 4 members (excludes halogenated alkanes) is 1. The largest absolute Gasteiger partial charge is 0.510 e. The zero-order valence-corrected chi connectivity index (χ0v) is 18.0. The van der Waals surface area contributed by atoms with Crippen molar-refractivity contribution in [1.82, 2.24) is 4.98 Å². The number of amides is 1. The van der Waals surface area contributed by atoms with Gasteiger partial charge in [0, 0.05) is 0 Å². The highest BCUT2D eigenvalue weighted by atomic mass is 16.8. The fraction of sp³-hybridized carbons (Fsp3) is 0.350. The van der Waals surface area contributed by atoms with Crippen LogP contribution in [0.25, 0.3) is 0 Å². The Hall–Kier alpha value is -3.77. The lowest BCUT2D eigenvalue weighted by Gasteiger charge is -2.12. The summed E-state index contributed by atoms with van der Waals surface area (Å²) >= 11 is 0. The van der Waals surface area contributed by atoms with Gasteiger partial charge >= 0.3 is 6.16 Å². The number of carbonyl (C=O) groups is 2. The number of rotatable bonds is 9. The van der Waals surface area contributed by atoms with Crippen LogP contribution in [0.1, 0.15) is 19.3 Å². The van der Waals surface area contributed by atoms with E-state index in [2.05, 4.69) is 19.8 Å². The standard InChI is InChI=1S/C11H20N6O.C9H11NO4/c12-6-2-1-3-8(14)11(18)17-9-5-4-7(13)10(15)16-9;1-12-9(11)14-6-13-8-5-3-2-4-7(8)10/h4-5,8H,1-3,6,12-14H2,(H3,15,16,17,18);2-5H,6,10H2,1H3. The summed E-state index contributed by atoms with van der Waals surface area (Å²) in [5.74, 6) is 0.713. The molecule has 1 heterocycles. The molecule has 12 nitrogen and oxygen atoms in total. The second kappa shape index (κ2) is 14.3. The Morgan fingerprint density at radius 3 is 2.41 bits per heavy atom. The quantitative estimate of drug-likeness (QED) is 0.137. The highest BCUT2D eigenvalue weighted by molar-refractivity contribution is 5.94. The molecule has 32 heavy (non-hydrogen) atoms. The summed E-state index contributed by atoms with van der Waals surface area (Å²) in [4.78, 5) is 26.2. The molecule has 1 amide bonds. The Balaban J connectivity index is 0.000000330. The predicted molar refractivity (Wildman–Crippen MR) is 122 cm³/mol. The van der Waals surface area contributed by atoms with Crippen molar-refractivity contribution in [3.8, 4) is 5.75 Å². The Morgan fingerprint density at radius 2 is 1.78 bits per heavy atom. The molecule has 1 aromatic heterocycles. The monoisotopic (exact) mass is 449 g/mol. The van der Waals surface area contributed by atoms with E-state index in [4.69, 9.17) is 33.4 Å². The summed E-state index contributed by atoms with van der Waals surface area (Å²) in [7, 11) is 1.22. The molecule has 0 aliphatic heterocycles. The van der Waals surface area contributed by atoms with Crippen LogP contribution in [0.4, 0.5) is 27.8 Å². The Morgan fingerprint density at radius 1 is 1.06 bits per heavy atom.